The number of halogens is 2. The van der Waals surface area contributed by atoms with Gasteiger partial charge in [-0.25, -0.2) is 13.8 Å². The molecule has 0 aliphatic carbocycles. The van der Waals surface area contributed by atoms with Crippen LogP contribution in [0.3, 0.4) is 0 Å². The van der Waals surface area contributed by atoms with Gasteiger partial charge in [0.2, 0.25) is 0 Å². The van der Waals surface area contributed by atoms with Crippen molar-refractivity contribution in [1.82, 2.24) is 19.2 Å². The zero-order valence-electron chi connectivity index (χ0n) is 15.2. The molecule has 0 saturated carbocycles. The standard InChI is InChI=1S/C20H18F2N4O/c1-12-19(14-10-23-25(3)13(14)2)26-9-5-8-18(20(26)24-12)27-11-15-16(21)6-4-7-17(15)22/h4-10H,11H2,1-3H3. The van der Waals surface area contributed by atoms with Crippen LogP contribution in [0.4, 0.5) is 8.78 Å². The lowest BCUT2D eigenvalue weighted by atomic mass is 10.1. The minimum atomic E-state index is -0.631. The third-order valence-corrected chi connectivity index (χ3v) is 4.71. The zero-order chi connectivity index (χ0) is 19.1. The number of aromatic nitrogens is 4. The van der Waals surface area contributed by atoms with Gasteiger partial charge in [0.15, 0.2) is 11.4 Å². The highest BCUT2D eigenvalue weighted by Gasteiger charge is 2.18. The van der Waals surface area contributed by atoms with E-state index in [1.807, 2.05) is 37.6 Å². The molecule has 0 unspecified atom stereocenters. The van der Waals surface area contributed by atoms with Crippen LogP contribution in [0.2, 0.25) is 0 Å². The van der Waals surface area contributed by atoms with Crippen molar-refractivity contribution in [2.24, 2.45) is 7.05 Å². The maximum absolute atomic E-state index is 13.9. The average molecular weight is 368 g/mol. The number of pyridine rings is 1. The van der Waals surface area contributed by atoms with Crippen molar-refractivity contribution in [3.63, 3.8) is 0 Å². The summed E-state index contributed by atoms with van der Waals surface area (Å²) in [7, 11) is 1.88. The van der Waals surface area contributed by atoms with Gasteiger partial charge in [-0.05, 0) is 38.1 Å². The average Bonchev–Trinajstić information content (AvgIpc) is 3.14. The van der Waals surface area contributed by atoms with Crippen LogP contribution < -0.4 is 4.74 Å². The SMILES string of the molecule is Cc1nc2c(OCc3c(F)cccc3F)cccn2c1-c1cnn(C)c1C. The van der Waals surface area contributed by atoms with E-state index in [2.05, 4.69) is 10.1 Å². The number of fused-ring (bicyclic) bond motifs is 1. The molecule has 27 heavy (non-hydrogen) atoms. The molecule has 5 nitrogen and oxygen atoms in total. The number of hydrogen-bond donors (Lipinski definition) is 0. The predicted octanol–water partition coefficient (Wildman–Crippen LogP) is 4.21. The van der Waals surface area contributed by atoms with E-state index in [4.69, 9.17) is 4.74 Å². The summed E-state index contributed by atoms with van der Waals surface area (Å²) in [6.45, 7) is 3.68. The van der Waals surface area contributed by atoms with E-state index < -0.39 is 11.6 Å². The fourth-order valence-electron chi connectivity index (χ4n) is 3.14. The minimum Gasteiger partial charge on any atom is -0.485 e. The van der Waals surface area contributed by atoms with Crippen LogP contribution in [-0.4, -0.2) is 19.2 Å². The van der Waals surface area contributed by atoms with Crippen LogP contribution in [-0.2, 0) is 13.7 Å². The van der Waals surface area contributed by atoms with Crippen LogP contribution in [0.25, 0.3) is 16.9 Å². The van der Waals surface area contributed by atoms with E-state index in [0.29, 0.717) is 11.4 Å². The highest BCUT2D eigenvalue weighted by atomic mass is 19.1. The Hall–Kier alpha value is -3.22. The normalized spacial score (nSPS) is 11.3. The van der Waals surface area contributed by atoms with Gasteiger partial charge in [0, 0.05) is 24.5 Å². The Morgan fingerprint density at radius 3 is 2.48 bits per heavy atom. The summed E-state index contributed by atoms with van der Waals surface area (Å²) in [5, 5.41) is 4.30. The Bertz CT molecular complexity index is 1130. The van der Waals surface area contributed by atoms with Crippen LogP contribution in [0.5, 0.6) is 5.75 Å². The van der Waals surface area contributed by atoms with E-state index in [1.54, 1.807) is 16.9 Å². The molecular weight excluding hydrogens is 350 g/mol. The van der Waals surface area contributed by atoms with Crippen molar-refractivity contribution >= 4 is 5.65 Å². The highest BCUT2D eigenvalue weighted by Crippen LogP contribution is 2.31. The summed E-state index contributed by atoms with van der Waals surface area (Å²) < 4.78 is 37.1. The van der Waals surface area contributed by atoms with Gasteiger partial charge in [-0.2, -0.15) is 5.10 Å². The van der Waals surface area contributed by atoms with Gasteiger partial charge in [-0.3, -0.25) is 9.08 Å². The zero-order valence-corrected chi connectivity index (χ0v) is 15.2. The molecule has 0 spiro atoms. The molecule has 1 aromatic carbocycles. The monoisotopic (exact) mass is 368 g/mol. The molecule has 3 aromatic heterocycles. The number of ether oxygens (including phenoxy) is 1. The molecule has 0 N–H and O–H groups in total. The summed E-state index contributed by atoms with van der Waals surface area (Å²) in [6, 6.07) is 7.31. The minimum absolute atomic E-state index is 0.105. The number of nitrogens with zero attached hydrogens (tertiary/aromatic N) is 4. The Morgan fingerprint density at radius 2 is 1.81 bits per heavy atom. The lowest BCUT2D eigenvalue weighted by Crippen LogP contribution is -2.03. The number of rotatable bonds is 4. The molecule has 0 atom stereocenters. The second kappa shape index (κ2) is 6.50. The van der Waals surface area contributed by atoms with Crippen molar-refractivity contribution in [3.05, 3.63) is 71.3 Å². The van der Waals surface area contributed by atoms with Gasteiger partial charge in [0.05, 0.1) is 23.1 Å². The predicted molar refractivity (Wildman–Crippen MR) is 97.6 cm³/mol. The van der Waals surface area contributed by atoms with Gasteiger partial charge < -0.3 is 4.74 Å². The van der Waals surface area contributed by atoms with Crippen LogP contribution in [0.1, 0.15) is 17.0 Å². The summed E-state index contributed by atoms with van der Waals surface area (Å²) >= 11 is 0. The maximum atomic E-state index is 13.9. The molecule has 0 aliphatic rings. The first kappa shape index (κ1) is 17.2. The second-order valence-corrected chi connectivity index (χ2v) is 6.37. The van der Waals surface area contributed by atoms with Crippen LogP contribution in [0, 0.1) is 25.5 Å². The molecule has 0 amide bonds. The summed E-state index contributed by atoms with van der Waals surface area (Å²) in [5.74, 6) is -0.808. The van der Waals surface area contributed by atoms with Crippen molar-refractivity contribution in [1.29, 1.82) is 0 Å². The van der Waals surface area contributed by atoms with E-state index >= 15 is 0 Å². The molecular formula is C20H18F2N4O. The van der Waals surface area contributed by atoms with Crippen molar-refractivity contribution in [2.75, 3.05) is 0 Å². The maximum Gasteiger partial charge on any atom is 0.180 e. The Labute approximate surface area is 154 Å². The molecule has 0 fully saturated rings. The molecule has 7 heteroatoms. The molecule has 0 bridgehead atoms. The largest absolute Gasteiger partial charge is 0.485 e. The second-order valence-electron chi connectivity index (χ2n) is 6.37. The first-order valence-electron chi connectivity index (χ1n) is 8.49. The van der Waals surface area contributed by atoms with Gasteiger partial charge in [-0.1, -0.05) is 6.07 Å². The summed E-state index contributed by atoms with van der Waals surface area (Å²) in [4.78, 5) is 4.61. The smallest absolute Gasteiger partial charge is 0.180 e. The molecule has 3 heterocycles. The van der Waals surface area contributed by atoms with E-state index in [9.17, 15) is 8.78 Å². The quantitative estimate of drug-likeness (QED) is 0.542. The van der Waals surface area contributed by atoms with Crippen LogP contribution in [0.15, 0.2) is 42.7 Å². The molecule has 0 saturated heterocycles. The van der Waals surface area contributed by atoms with Gasteiger partial charge in [0.1, 0.15) is 18.2 Å². The van der Waals surface area contributed by atoms with Crippen molar-refractivity contribution in [3.8, 4) is 17.0 Å². The van der Waals surface area contributed by atoms with Gasteiger partial charge in [-0.15, -0.1) is 0 Å². The first-order valence-corrected chi connectivity index (χ1v) is 8.49. The van der Waals surface area contributed by atoms with E-state index in [1.165, 1.54) is 18.2 Å². The van der Waals surface area contributed by atoms with E-state index in [0.717, 1.165) is 22.6 Å². The molecule has 0 aliphatic heterocycles. The van der Waals surface area contributed by atoms with Crippen molar-refractivity contribution in [2.45, 2.75) is 20.5 Å². The third kappa shape index (κ3) is 2.85. The fourth-order valence-corrected chi connectivity index (χ4v) is 3.14. The van der Waals surface area contributed by atoms with E-state index in [-0.39, 0.29) is 12.2 Å². The molecule has 4 aromatic rings. The fraction of sp³-hybridized carbons (Fsp3) is 0.200. The lowest BCUT2D eigenvalue weighted by Gasteiger charge is -2.09. The van der Waals surface area contributed by atoms with Gasteiger partial charge >= 0.3 is 0 Å². The number of imidazole rings is 1. The molecule has 4 rings (SSSR count). The first-order chi connectivity index (χ1) is 13.0. The third-order valence-electron chi connectivity index (χ3n) is 4.71. The number of benzene rings is 1. The molecule has 0 radical (unpaired) electrons. The number of aryl methyl sites for hydroxylation is 2. The Kier molecular flexibility index (Phi) is 4.14. The Morgan fingerprint density at radius 1 is 1.07 bits per heavy atom. The topological polar surface area (TPSA) is 44.4 Å². The van der Waals surface area contributed by atoms with Crippen molar-refractivity contribution < 1.29 is 13.5 Å². The molecule has 138 valence electrons. The summed E-state index contributed by atoms with van der Waals surface area (Å²) in [6.07, 6.45) is 3.68. The lowest BCUT2D eigenvalue weighted by molar-refractivity contribution is 0.294. The highest BCUT2D eigenvalue weighted by molar-refractivity contribution is 5.71. The number of hydrogen-bond acceptors (Lipinski definition) is 3. The Balaban J connectivity index is 1.76. The summed E-state index contributed by atoms with van der Waals surface area (Å²) in [5.41, 5.74) is 4.20. The van der Waals surface area contributed by atoms with Gasteiger partial charge in [0.25, 0.3) is 0 Å². The van der Waals surface area contributed by atoms with Crippen LogP contribution >= 0.6 is 0 Å².